The number of anilines is 1. The lowest BCUT2D eigenvalue weighted by Crippen LogP contribution is -1.86. The van der Waals surface area contributed by atoms with Crippen LogP contribution in [0.2, 0.25) is 0 Å². The van der Waals surface area contributed by atoms with E-state index in [1.165, 1.54) is 23.5 Å². The highest BCUT2D eigenvalue weighted by atomic mass is 32.1. The van der Waals surface area contributed by atoms with Gasteiger partial charge in [0.15, 0.2) is 0 Å². The fourth-order valence-electron chi connectivity index (χ4n) is 1.08. The summed E-state index contributed by atoms with van der Waals surface area (Å²) in [5.74, 6) is 0. The molecule has 0 saturated heterocycles. The molecule has 0 atom stereocenters. The molecular formula is C8H6N4O2S. The Bertz CT molecular complexity index is 494. The first-order valence-electron chi connectivity index (χ1n) is 4.00. The molecule has 7 heteroatoms. The number of nitro groups is 1. The molecule has 0 unspecified atom stereocenters. The molecule has 0 spiro atoms. The monoisotopic (exact) mass is 222 g/mol. The molecule has 1 heterocycles. The van der Waals surface area contributed by atoms with Gasteiger partial charge in [0.25, 0.3) is 5.69 Å². The molecule has 0 aliphatic carbocycles. The van der Waals surface area contributed by atoms with E-state index in [1.807, 2.05) is 0 Å². The van der Waals surface area contributed by atoms with Gasteiger partial charge in [-0.25, -0.2) is 0 Å². The van der Waals surface area contributed by atoms with Crippen molar-refractivity contribution in [3.8, 4) is 10.6 Å². The number of rotatable bonds is 2. The van der Waals surface area contributed by atoms with Gasteiger partial charge < -0.3 is 5.73 Å². The van der Waals surface area contributed by atoms with E-state index in [9.17, 15) is 10.1 Å². The second-order valence-corrected chi connectivity index (χ2v) is 3.76. The second-order valence-electron chi connectivity index (χ2n) is 2.75. The smallest absolute Gasteiger partial charge is 0.269 e. The zero-order valence-corrected chi connectivity index (χ0v) is 8.27. The molecule has 76 valence electrons. The maximum atomic E-state index is 10.4. The summed E-state index contributed by atoms with van der Waals surface area (Å²) in [5.41, 5.74) is 6.26. The maximum absolute atomic E-state index is 10.4. The van der Waals surface area contributed by atoms with Crippen molar-refractivity contribution in [3.63, 3.8) is 0 Å². The Hall–Kier alpha value is -2.02. The van der Waals surface area contributed by atoms with Crippen molar-refractivity contribution in [2.24, 2.45) is 0 Å². The van der Waals surface area contributed by atoms with Crippen LogP contribution in [0.5, 0.6) is 0 Å². The number of non-ortho nitro benzene ring substituents is 1. The standard InChI is InChI=1S/C8H6N4O2S/c9-8-11-10-7(15-8)5-1-3-6(4-2-5)12(13)14/h1-4H,(H2,9,11). The molecule has 1 aromatic carbocycles. The van der Waals surface area contributed by atoms with Crippen LogP contribution in [0.4, 0.5) is 10.8 Å². The van der Waals surface area contributed by atoms with Crippen molar-refractivity contribution in [2.75, 3.05) is 5.73 Å². The van der Waals surface area contributed by atoms with E-state index in [1.54, 1.807) is 12.1 Å². The molecule has 2 N–H and O–H groups in total. The summed E-state index contributed by atoms with van der Waals surface area (Å²) in [5, 5.41) is 18.9. The highest BCUT2D eigenvalue weighted by molar-refractivity contribution is 7.18. The highest BCUT2D eigenvalue weighted by Gasteiger charge is 2.07. The Morgan fingerprint density at radius 3 is 2.40 bits per heavy atom. The van der Waals surface area contributed by atoms with Gasteiger partial charge in [0.1, 0.15) is 5.01 Å². The van der Waals surface area contributed by atoms with Crippen LogP contribution < -0.4 is 5.73 Å². The first-order chi connectivity index (χ1) is 7.16. The number of aromatic nitrogens is 2. The van der Waals surface area contributed by atoms with Gasteiger partial charge in [0.05, 0.1) is 4.92 Å². The predicted molar refractivity (Wildman–Crippen MR) is 56.4 cm³/mol. The zero-order chi connectivity index (χ0) is 10.8. The first-order valence-corrected chi connectivity index (χ1v) is 4.82. The Morgan fingerprint density at radius 2 is 1.93 bits per heavy atom. The number of nitro benzene ring substituents is 1. The summed E-state index contributed by atoms with van der Waals surface area (Å²) >= 11 is 1.24. The van der Waals surface area contributed by atoms with Crippen molar-refractivity contribution in [2.45, 2.75) is 0 Å². The largest absolute Gasteiger partial charge is 0.374 e. The van der Waals surface area contributed by atoms with E-state index >= 15 is 0 Å². The Kier molecular flexibility index (Phi) is 2.30. The Labute approximate surface area is 88.5 Å². The first kappa shape index (κ1) is 9.53. The lowest BCUT2D eigenvalue weighted by atomic mass is 10.2. The normalized spacial score (nSPS) is 10.1. The average molecular weight is 222 g/mol. The van der Waals surface area contributed by atoms with Crippen LogP contribution >= 0.6 is 11.3 Å². The van der Waals surface area contributed by atoms with E-state index in [0.717, 1.165) is 5.56 Å². The number of hydrogen-bond donors (Lipinski definition) is 1. The summed E-state index contributed by atoms with van der Waals surface area (Å²) in [4.78, 5) is 9.97. The van der Waals surface area contributed by atoms with E-state index in [-0.39, 0.29) is 5.69 Å². The topological polar surface area (TPSA) is 94.9 Å². The summed E-state index contributed by atoms with van der Waals surface area (Å²) < 4.78 is 0. The van der Waals surface area contributed by atoms with Crippen molar-refractivity contribution in [1.82, 2.24) is 10.2 Å². The van der Waals surface area contributed by atoms with Crippen LogP contribution in [-0.4, -0.2) is 15.1 Å². The van der Waals surface area contributed by atoms with Crippen LogP contribution in [0.25, 0.3) is 10.6 Å². The van der Waals surface area contributed by atoms with E-state index in [4.69, 9.17) is 5.73 Å². The van der Waals surface area contributed by atoms with E-state index < -0.39 is 4.92 Å². The molecule has 2 rings (SSSR count). The molecule has 0 radical (unpaired) electrons. The van der Waals surface area contributed by atoms with Crippen molar-refractivity contribution < 1.29 is 4.92 Å². The van der Waals surface area contributed by atoms with Gasteiger partial charge in [0, 0.05) is 17.7 Å². The number of nitrogens with two attached hydrogens (primary N) is 1. The summed E-state index contributed by atoms with van der Waals surface area (Å²) in [7, 11) is 0. The highest BCUT2D eigenvalue weighted by Crippen LogP contribution is 2.25. The molecular weight excluding hydrogens is 216 g/mol. The van der Waals surface area contributed by atoms with Crippen LogP contribution in [0.3, 0.4) is 0 Å². The molecule has 0 fully saturated rings. The third kappa shape index (κ3) is 1.91. The van der Waals surface area contributed by atoms with Gasteiger partial charge in [-0.15, -0.1) is 10.2 Å². The zero-order valence-electron chi connectivity index (χ0n) is 7.45. The van der Waals surface area contributed by atoms with Crippen LogP contribution in [0, 0.1) is 10.1 Å². The van der Waals surface area contributed by atoms with Gasteiger partial charge in [-0.05, 0) is 12.1 Å². The number of nitrogen functional groups attached to an aromatic ring is 1. The van der Waals surface area contributed by atoms with Crippen LogP contribution in [0.15, 0.2) is 24.3 Å². The van der Waals surface area contributed by atoms with Gasteiger partial charge in [-0.2, -0.15) is 0 Å². The molecule has 0 bridgehead atoms. The second kappa shape index (κ2) is 3.62. The van der Waals surface area contributed by atoms with Crippen molar-refractivity contribution in [3.05, 3.63) is 34.4 Å². The van der Waals surface area contributed by atoms with Crippen LogP contribution in [-0.2, 0) is 0 Å². The van der Waals surface area contributed by atoms with Gasteiger partial charge in [0.2, 0.25) is 5.13 Å². The molecule has 2 aromatic rings. The fourth-order valence-corrected chi connectivity index (χ4v) is 1.69. The van der Waals surface area contributed by atoms with Gasteiger partial charge in [-0.1, -0.05) is 11.3 Å². The summed E-state index contributed by atoms with van der Waals surface area (Å²) in [6.45, 7) is 0. The fraction of sp³-hybridized carbons (Fsp3) is 0. The van der Waals surface area contributed by atoms with E-state index in [0.29, 0.717) is 10.1 Å². The number of benzene rings is 1. The average Bonchev–Trinajstić information content (AvgIpc) is 2.65. The minimum atomic E-state index is -0.446. The summed E-state index contributed by atoms with van der Waals surface area (Å²) in [6, 6.07) is 6.09. The van der Waals surface area contributed by atoms with Crippen LogP contribution in [0.1, 0.15) is 0 Å². The minimum Gasteiger partial charge on any atom is -0.374 e. The third-order valence-electron chi connectivity index (χ3n) is 1.77. The van der Waals surface area contributed by atoms with Crippen molar-refractivity contribution in [1.29, 1.82) is 0 Å². The molecule has 15 heavy (non-hydrogen) atoms. The lowest BCUT2D eigenvalue weighted by Gasteiger charge is -1.94. The molecule has 0 amide bonds. The molecule has 6 nitrogen and oxygen atoms in total. The lowest BCUT2D eigenvalue weighted by molar-refractivity contribution is -0.384. The maximum Gasteiger partial charge on any atom is 0.269 e. The third-order valence-corrected chi connectivity index (χ3v) is 2.57. The molecule has 0 saturated carbocycles. The van der Waals surface area contributed by atoms with Gasteiger partial charge in [-0.3, -0.25) is 10.1 Å². The quantitative estimate of drug-likeness (QED) is 0.616. The van der Waals surface area contributed by atoms with E-state index in [2.05, 4.69) is 10.2 Å². The minimum absolute atomic E-state index is 0.0521. The molecule has 0 aliphatic heterocycles. The summed E-state index contributed by atoms with van der Waals surface area (Å²) in [6.07, 6.45) is 0. The SMILES string of the molecule is Nc1nnc(-c2ccc([N+](=O)[O-])cc2)s1. The number of hydrogen-bond acceptors (Lipinski definition) is 6. The number of nitrogens with zero attached hydrogens (tertiary/aromatic N) is 3. The predicted octanol–water partition coefficient (Wildman–Crippen LogP) is 1.70. The molecule has 0 aliphatic rings. The Morgan fingerprint density at radius 1 is 1.27 bits per heavy atom. The van der Waals surface area contributed by atoms with Gasteiger partial charge >= 0.3 is 0 Å². The Balaban J connectivity index is 2.35. The molecule has 1 aromatic heterocycles. The van der Waals surface area contributed by atoms with Crippen molar-refractivity contribution >= 4 is 22.2 Å².